The molecular formula is C31H33F3N6O3. The summed E-state index contributed by atoms with van der Waals surface area (Å²) in [6, 6.07) is 5.58. The molecule has 0 aliphatic carbocycles. The average molecular weight is 595 g/mol. The second kappa shape index (κ2) is 9.95. The minimum Gasteiger partial charge on any atom is -0.508 e. The van der Waals surface area contributed by atoms with Crippen LogP contribution in [0.25, 0.3) is 10.8 Å². The lowest BCUT2D eigenvalue weighted by Crippen LogP contribution is -2.61. The van der Waals surface area contributed by atoms with Crippen LogP contribution in [0.15, 0.2) is 24.3 Å². The summed E-state index contributed by atoms with van der Waals surface area (Å²) in [7, 11) is 0. The maximum absolute atomic E-state index is 15.1. The van der Waals surface area contributed by atoms with Crippen LogP contribution < -0.4 is 19.9 Å². The summed E-state index contributed by atoms with van der Waals surface area (Å²) < 4.78 is 50.1. The van der Waals surface area contributed by atoms with E-state index in [0.717, 1.165) is 51.4 Å². The largest absolute Gasteiger partial charge is 0.508 e. The summed E-state index contributed by atoms with van der Waals surface area (Å²) >= 11 is 0. The van der Waals surface area contributed by atoms with E-state index >= 15 is 4.39 Å². The molecule has 6 aliphatic rings. The van der Waals surface area contributed by atoms with Gasteiger partial charge in [-0.25, -0.2) is 13.2 Å². The van der Waals surface area contributed by atoms with Gasteiger partial charge in [0.05, 0.1) is 11.2 Å². The van der Waals surface area contributed by atoms with Gasteiger partial charge >= 0.3 is 6.01 Å². The molecule has 5 fully saturated rings. The second-order valence-corrected chi connectivity index (χ2v) is 12.6. The maximum atomic E-state index is 15.1. The number of nitrogens with one attached hydrogen (secondary N) is 1. The molecule has 1 amide bonds. The number of hydrogen-bond donors (Lipinski definition) is 2. The van der Waals surface area contributed by atoms with Gasteiger partial charge in [0.2, 0.25) is 0 Å². The van der Waals surface area contributed by atoms with Crippen molar-refractivity contribution in [1.82, 2.24) is 20.2 Å². The standard InChI is InChI=1S/C31H33F3N6O3/c32-18-12-31(7-1-8-38(31)14-18)16-43-30-36-27-22(28(37-30)40-15-19-3-4-20(40)13-35-19)6-9-39(29(27)42)24-11-21(41)10-17-2-5-23(33)26(34)25(17)24/h2,5,10-11,18-20,35,41H,1,3-4,6-9,12-16H2/t18-,19?,20?,31+/m1/s1. The summed E-state index contributed by atoms with van der Waals surface area (Å²) in [4.78, 5) is 29.4. The number of piperazine rings is 1. The minimum atomic E-state index is -1.08. The molecule has 0 saturated carbocycles. The molecule has 2 aromatic carbocycles. The van der Waals surface area contributed by atoms with Gasteiger partial charge in [-0.1, -0.05) is 6.07 Å². The van der Waals surface area contributed by atoms with E-state index in [1.807, 2.05) is 0 Å². The van der Waals surface area contributed by atoms with Crippen LogP contribution in [0.3, 0.4) is 0 Å². The van der Waals surface area contributed by atoms with Crippen LogP contribution in [-0.2, 0) is 6.42 Å². The lowest BCUT2D eigenvalue weighted by atomic mass is 9.92. The molecule has 2 unspecified atom stereocenters. The molecular weight excluding hydrogens is 561 g/mol. The summed E-state index contributed by atoms with van der Waals surface area (Å²) in [5.74, 6) is -2.13. The fraction of sp³-hybridized carbons (Fsp3) is 0.516. The van der Waals surface area contributed by atoms with Crippen LogP contribution in [0.5, 0.6) is 11.8 Å². The number of benzene rings is 2. The Hall–Kier alpha value is -3.64. The number of aromatic hydroxyl groups is 1. The quantitative estimate of drug-likeness (QED) is 0.462. The number of amides is 1. The van der Waals surface area contributed by atoms with Gasteiger partial charge in [0.25, 0.3) is 5.91 Å². The molecule has 43 heavy (non-hydrogen) atoms. The Labute approximate surface area is 246 Å². The van der Waals surface area contributed by atoms with E-state index in [1.165, 1.54) is 23.1 Å². The summed E-state index contributed by atoms with van der Waals surface area (Å²) in [6.07, 6.45) is 3.74. The number of fused-ring (bicyclic) bond motifs is 6. The molecule has 226 valence electrons. The number of hydrogen-bond acceptors (Lipinski definition) is 8. The normalized spacial score (nSPS) is 28.5. The lowest BCUT2D eigenvalue weighted by molar-refractivity contribution is 0.0963. The van der Waals surface area contributed by atoms with Crippen molar-refractivity contribution in [3.05, 3.63) is 47.2 Å². The van der Waals surface area contributed by atoms with E-state index in [0.29, 0.717) is 36.8 Å². The lowest BCUT2D eigenvalue weighted by Gasteiger charge is -2.47. The Balaban J connectivity index is 1.20. The van der Waals surface area contributed by atoms with Crippen molar-refractivity contribution in [2.75, 3.05) is 49.1 Å². The molecule has 9 rings (SSSR count). The Kier molecular flexibility index (Phi) is 6.23. The molecule has 3 aromatic rings. The van der Waals surface area contributed by atoms with E-state index in [-0.39, 0.29) is 53.1 Å². The molecule has 7 heterocycles. The summed E-state index contributed by atoms with van der Waals surface area (Å²) in [5.41, 5.74) is 0.504. The monoisotopic (exact) mass is 594 g/mol. The molecule has 12 heteroatoms. The third-order valence-electron chi connectivity index (χ3n) is 10.1. The number of carbonyl (C=O) groups is 1. The van der Waals surface area contributed by atoms with Crippen molar-refractivity contribution in [1.29, 1.82) is 0 Å². The highest BCUT2D eigenvalue weighted by Gasteiger charge is 2.49. The highest BCUT2D eigenvalue weighted by molar-refractivity contribution is 6.12. The molecule has 9 nitrogen and oxygen atoms in total. The molecule has 5 saturated heterocycles. The van der Waals surface area contributed by atoms with E-state index in [1.54, 1.807) is 0 Å². The van der Waals surface area contributed by atoms with Gasteiger partial charge in [-0.15, -0.1) is 0 Å². The van der Waals surface area contributed by atoms with Crippen LogP contribution in [0.4, 0.5) is 24.7 Å². The predicted molar refractivity (Wildman–Crippen MR) is 154 cm³/mol. The van der Waals surface area contributed by atoms with Crippen LogP contribution in [-0.4, -0.2) is 89.0 Å². The third-order valence-corrected chi connectivity index (χ3v) is 10.1. The number of phenolic OH excluding ortho intramolecular Hbond substituents is 1. The molecule has 2 bridgehead atoms. The van der Waals surface area contributed by atoms with Crippen LogP contribution in [0.2, 0.25) is 0 Å². The third kappa shape index (κ3) is 4.32. The Morgan fingerprint density at radius 1 is 1.14 bits per heavy atom. The van der Waals surface area contributed by atoms with E-state index in [4.69, 9.17) is 9.72 Å². The van der Waals surface area contributed by atoms with E-state index < -0.39 is 29.3 Å². The van der Waals surface area contributed by atoms with Crippen molar-refractivity contribution in [2.24, 2.45) is 0 Å². The maximum Gasteiger partial charge on any atom is 0.319 e. The van der Waals surface area contributed by atoms with Gasteiger partial charge in [0, 0.05) is 61.7 Å². The van der Waals surface area contributed by atoms with E-state index in [2.05, 4.69) is 20.1 Å². The number of rotatable bonds is 5. The van der Waals surface area contributed by atoms with Gasteiger partial charge < -0.3 is 25.0 Å². The molecule has 6 aliphatic heterocycles. The van der Waals surface area contributed by atoms with Crippen molar-refractivity contribution in [3.8, 4) is 11.8 Å². The zero-order chi connectivity index (χ0) is 29.5. The fourth-order valence-electron chi connectivity index (χ4n) is 8.03. The number of carbonyl (C=O) groups excluding carboxylic acids is 1. The number of halogens is 3. The van der Waals surface area contributed by atoms with Crippen LogP contribution >= 0.6 is 0 Å². The van der Waals surface area contributed by atoms with Gasteiger partial charge in [0.1, 0.15) is 30.0 Å². The van der Waals surface area contributed by atoms with E-state index in [9.17, 15) is 18.7 Å². The van der Waals surface area contributed by atoms with Gasteiger partial charge in [-0.2, -0.15) is 9.97 Å². The van der Waals surface area contributed by atoms with Crippen molar-refractivity contribution in [3.63, 3.8) is 0 Å². The van der Waals surface area contributed by atoms with Crippen LogP contribution in [0.1, 0.15) is 48.2 Å². The molecule has 0 radical (unpaired) electrons. The fourth-order valence-corrected chi connectivity index (χ4v) is 8.03. The number of piperidine rings is 2. The van der Waals surface area contributed by atoms with Crippen molar-refractivity contribution in [2.45, 2.75) is 62.3 Å². The van der Waals surface area contributed by atoms with Crippen molar-refractivity contribution >= 4 is 28.2 Å². The highest BCUT2D eigenvalue weighted by Crippen LogP contribution is 2.42. The van der Waals surface area contributed by atoms with Crippen molar-refractivity contribution < 1.29 is 27.8 Å². The first kappa shape index (κ1) is 26.9. The molecule has 2 N–H and O–H groups in total. The number of ether oxygens (including phenoxy) is 1. The summed E-state index contributed by atoms with van der Waals surface area (Å²) in [5, 5.41) is 14.2. The Bertz CT molecular complexity index is 1630. The number of anilines is 2. The number of phenols is 1. The van der Waals surface area contributed by atoms with Crippen LogP contribution in [0, 0.1) is 11.6 Å². The number of aromatic nitrogens is 2. The second-order valence-electron chi connectivity index (χ2n) is 12.6. The first-order valence-electron chi connectivity index (χ1n) is 15.1. The summed E-state index contributed by atoms with van der Waals surface area (Å²) in [6.45, 7) is 3.18. The number of alkyl halides is 1. The smallest absolute Gasteiger partial charge is 0.319 e. The zero-order valence-corrected chi connectivity index (χ0v) is 23.7. The first-order valence-corrected chi connectivity index (χ1v) is 15.1. The Morgan fingerprint density at radius 2 is 2.02 bits per heavy atom. The zero-order valence-electron chi connectivity index (χ0n) is 23.7. The first-order chi connectivity index (χ1) is 20.8. The molecule has 0 spiro atoms. The molecule has 1 aromatic heterocycles. The Morgan fingerprint density at radius 3 is 2.81 bits per heavy atom. The SMILES string of the molecule is O=C1c2nc(OC[C@@]34CCCN3C[C@H](F)C4)nc(N3CC4CCC3CN4)c2CCN1c1cc(O)cc2ccc(F)c(F)c12. The average Bonchev–Trinajstić information content (AvgIpc) is 3.54. The minimum absolute atomic E-state index is 0.0554. The number of nitrogens with zero attached hydrogens (tertiary/aromatic N) is 5. The highest BCUT2D eigenvalue weighted by atomic mass is 19.2. The van der Waals surface area contributed by atoms with Gasteiger partial charge in [0.15, 0.2) is 11.6 Å². The predicted octanol–water partition coefficient (Wildman–Crippen LogP) is 3.71. The molecule has 4 atom stereocenters. The topological polar surface area (TPSA) is 94.1 Å². The van der Waals surface area contributed by atoms with Gasteiger partial charge in [-0.05, 0) is 56.2 Å². The van der Waals surface area contributed by atoms with Gasteiger partial charge in [-0.3, -0.25) is 9.69 Å².